The molecule has 0 bridgehead atoms. The molecule has 108 valence electrons. The maximum Gasteiger partial charge on any atom is 0.331 e. The molecule has 0 aromatic carbocycles. The molecule has 0 heterocycles. The maximum atomic E-state index is 11.6. The van der Waals surface area contributed by atoms with Gasteiger partial charge < -0.3 is 10.4 Å². The number of rotatable bonds is 6. The topological polar surface area (TPSA) is 95.5 Å². The smallest absolute Gasteiger partial charge is 0.331 e. The lowest BCUT2D eigenvalue weighted by atomic mass is 10.1. The van der Waals surface area contributed by atoms with Crippen LogP contribution in [0.1, 0.15) is 27.2 Å². The van der Waals surface area contributed by atoms with Gasteiger partial charge in [0.15, 0.2) is 0 Å². The zero-order chi connectivity index (χ0) is 15.0. The minimum atomic E-state index is -1.18. The number of imide groups is 1. The van der Waals surface area contributed by atoms with E-state index in [-0.39, 0.29) is 17.2 Å². The third-order valence-electron chi connectivity index (χ3n) is 2.65. The maximum absolute atomic E-state index is 11.6. The molecule has 0 spiro atoms. The van der Waals surface area contributed by atoms with Crippen molar-refractivity contribution in [1.29, 1.82) is 0 Å². The van der Waals surface area contributed by atoms with Gasteiger partial charge in [-0.05, 0) is 26.5 Å². The highest BCUT2D eigenvalue weighted by Gasteiger charge is 2.16. The van der Waals surface area contributed by atoms with E-state index in [0.29, 0.717) is 0 Å². The van der Waals surface area contributed by atoms with Gasteiger partial charge in [0, 0.05) is 22.9 Å². The van der Waals surface area contributed by atoms with Crippen molar-refractivity contribution in [2.45, 2.75) is 33.2 Å². The predicted molar refractivity (Wildman–Crippen MR) is 75.1 cm³/mol. The molecule has 1 unspecified atom stereocenters. The SMILES string of the molecule is CCC(CSC)NC(=O)NC(=O)C(C)=C(C)C(=O)O. The van der Waals surface area contributed by atoms with Gasteiger partial charge in [-0.2, -0.15) is 11.8 Å². The van der Waals surface area contributed by atoms with Crippen LogP contribution < -0.4 is 10.6 Å². The number of urea groups is 1. The lowest BCUT2D eigenvalue weighted by Crippen LogP contribution is -2.45. The first-order valence-corrected chi connectivity index (χ1v) is 7.24. The molecule has 6 nitrogen and oxygen atoms in total. The Morgan fingerprint density at radius 1 is 1.21 bits per heavy atom. The summed E-state index contributed by atoms with van der Waals surface area (Å²) in [6, 6.07) is -0.629. The monoisotopic (exact) mass is 288 g/mol. The molecular formula is C12H20N2O4S. The molecule has 19 heavy (non-hydrogen) atoms. The van der Waals surface area contributed by atoms with Crippen LogP contribution in [-0.4, -0.2) is 41.1 Å². The fourth-order valence-electron chi connectivity index (χ4n) is 1.21. The fraction of sp³-hybridized carbons (Fsp3) is 0.583. The largest absolute Gasteiger partial charge is 0.478 e. The third kappa shape index (κ3) is 6.28. The van der Waals surface area contributed by atoms with Crippen LogP contribution in [0.25, 0.3) is 0 Å². The van der Waals surface area contributed by atoms with Crippen molar-refractivity contribution in [2.75, 3.05) is 12.0 Å². The fourth-order valence-corrected chi connectivity index (χ4v) is 1.93. The normalized spacial score (nSPS) is 13.3. The van der Waals surface area contributed by atoms with Gasteiger partial charge >= 0.3 is 12.0 Å². The zero-order valence-electron chi connectivity index (χ0n) is 11.6. The number of hydrogen-bond donors (Lipinski definition) is 3. The second-order valence-corrected chi connectivity index (χ2v) is 4.95. The van der Waals surface area contributed by atoms with Gasteiger partial charge in [-0.1, -0.05) is 6.92 Å². The van der Waals surface area contributed by atoms with E-state index >= 15 is 0 Å². The zero-order valence-corrected chi connectivity index (χ0v) is 12.4. The molecule has 0 fully saturated rings. The van der Waals surface area contributed by atoms with Gasteiger partial charge in [0.1, 0.15) is 0 Å². The first-order valence-electron chi connectivity index (χ1n) is 5.85. The highest BCUT2D eigenvalue weighted by atomic mass is 32.2. The minimum Gasteiger partial charge on any atom is -0.478 e. The molecule has 0 rings (SSSR count). The Bertz CT molecular complexity index is 393. The summed E-state index contributed by atoms with van der Waals surface area (Å²) in [5.41, 5.74) is -0.0676. The Balaban J connectivity index is 4.53. The number of thioether (sulfide) groups is 1. The van der Waals surface area contributed by atoms with E-state index in [4.69, 9.17) is 5.11 Å². The number of aliphatic carboxylic acids is 1. The summed E-state index contributed by atoms with van der Waals surface area (Å²) in [6.45, 7) is 4.62. The van der Waals surface area contributed by atoms with E-state index in [1.54, 1.807) is 11.8 Å². The van der Waals surface area contributed by atoms with E-state index < -0.39 is 17.9 Å². The van der Waals surface area contributed by atoms with Crippen molar-refractivity contribution in [3.8, 4) is 0 Å². The highest BCUT2D eigenvalue weighted by molar-refractivity contribution is 7.98. The van der Waals surface area contributed by atoms with Crippen molar-refractivity contribution in [2.24, 2.45) is 0 Å². The number of nitrogens with one attached hydrogen (secondary N) is 2. The first-order chi connectivity index (χ1) is 8.83. The minimum absolute atomic E-state index is 0.0144. The summed E-state index contributed by atoms with van der Waals surface area (Å²) in [4.78, 5) is 33.9. The quantitative estimate of drug-likeness (QED) is 0.642. The summed E-state index contributed by atoms with van der Waals surface area (Å²) in [5, 5.41) is 13.5. The Morgan fingerprint density at radius 2 is 1.79 bits per heavy atom. The number of amides is 3. The van der Waals surface area contributed by atoms with Gasteiger partial charge in [0.2, 0.25) is 0 Å². The van der Waals surface area contributed by atoms with Gasteiger partial charge in [-0.25, -0.2) is 9.59 Å². The van der Waals surface area contributed by atoms with Crippen LogP contribution in [0.4, 0.5) is 4.79 Å². The van der Waals surface area contributed by atoms with Gasteiger partial charge in [0.05, 0.1) is 0 Å². The van der Waals surface area contributed by atoms with E-state index in [1.165, 1.54) is 13.8 Å². The summed E-state index contributed by atoms with van der Waals surface area (Å²) in [5.74, 6) is -1.13. The Hall–Kier alpha value is -1.50. The second-order valence-electron chi connectivity index (χ2n) is 4.04. The Kier molecular flexibility index (Phi) is 7.90. The van der Waals surface area contributed by atoms with Crippen LogP contribution in [0.5, 0.6) is 0 Å². The van der Waals surface area contributed by atoms with Crippen LogP contribution in [-0.2, 0) is 9.59 Å². The summed E-state index contributed by atoms with van der Waals surface area (Å²) in [7, 11) is 0. The molecule has 3 N–H and O–H groups in total. The third-order valence-corrected chi connectivity index (χ3v) is 3.38. The molecule has 1 atom stereocenters. The highest BCUT2D eigenvalue weighted by Crippen LogP contribution is 2.04. The molecule has 0 saturated heterocycles. The van der Waals surface area contributed by atoms with Crippen molar-refractivity contribution < 1.29 is 19.5 Å². The van der Waals surface area contributed by atoms with E-state index in [0.717, 1.165) is 12.2 Å². The standard InChI is InChI=1S/C12H20N2O4S/c1-5-9(6-19-4)13-12(18)14-10(15)7(2)8(3)11(16)17/h9H,5-6H2,1-4H3,(H,16,17)(H2,13,14,15,18). The summed E-state index contributed by atoms with van der Waals surface area (Å²) < 4.78 is 0. The van der Waals surface area contributed by atoms with Gasteiger partial charge in [-0.3, -0.25) is 10.1 Å². The molecular weight excluding hydrogens is 268 g/mol. The van der Waals surface area contributed by atoms with Crippen LogP contribution in [0.15, 0.2) is 11.1 Å². The molecule has 0 aromatic heterocycles. The molecule has 0 aliphatic carbocycles. The van der Waals surface area contributed by atoms with Crippen molar-refractivity contribution in [1.82, 2.24) is 10.6 Å². The van der Waals surface area contributed by atoms with Gasteiger partial charge in [0.25, 0.3) is 5.91 Å². The summed E-state index contributed by atoms with van der Waals surface area (Å²) >= 11 is 1.60. The molecule has 0 saturated carbocycles. The average molecular weight is 288 g/mol. The average Bonchev–Trinajstić information content (AvgIpc) is 2.35. The number of carboxylic acid groups (broad SMARTS) is 1. The number of carbonyl (C=O) groups excluding carboxylic acids is 2. The molecule has 0 aliphatic heterocycles. The number of carboxylic acids is 1. The van der Waals surface area contributed by atoms with Crippen molar-refractivity contribution in [3.05, 3.63) is 11.1 Å². The second kappa shape index (κ2) is 8.58. The molecule has 3 amide bonds. The Labute approximate surface area is 117 Å². The number of hydrogen-bond acceptors (Lipinski definition) is 4. The lowest BCUT2D eigenvalue weighted by molar-refractivity contribution is -0.133. The van der Waals surface area contributed by atoms with E-state index in [9.17, 15) is 14.4 Å². The number of carbonyl (C=O) groups is 3. The van der Waals surface area contributed by atoms with Crippen LogP contribution in [0, 0.1) is 0 Å². The molecule has 0 aliphatic rings. The first kappa shape index (κ1) is 17.5. The Morgan fingerprint density at radius 3 is 2.21 bits per heavy atom. The molecule has 0 aromatic rings. The van der Waals surface area contributed by atoms with Crippen molar-refractivity contribution >= 4 is 29.7 Å². The predicted octanol–water partition coefficient (Wildman–Crippen LogP) is 1.37. The molecule has 7 heteroatoms. The van der Waals surface area contributed by atoms with E-state index in [2.05, 4.69) is 10.6 Å². The van der Waals surface area contributed by atoms with Crippen molar-refractivity contribution in [3.63, 3.8) is 0 Å². The lowest BCUT2D eigenvalue weighted by Gasteiger charge is -2.16. The van der Waals surface area contributed by atoms with E-state index in [1.807, 2.05) is 13.2 Å². The summed E-state index contributed by atoms with van der Waals surface area (Å²) in [6.07, 6.45) is 2.68. The van der Waals surface area contributed by atoms with Crippen LogP contribution in [0.2, 0.25) is 0 Å². The van der Waals surface area contributed by atoms with Crippen LogP contribution in [0.3, 0.4) is 0 Å². The van der Waals surface area contributed by atoms with Crippen LogP contribution >= 0.6 is 11.8 Å². The molecule has 0 radical (unpaired) electrons. The van der Waals surface area contributed by atoms with Gasteiger partial charge in [-0.15, -0.1) is 0 Å².